The first-order valence-corrected chi connectivity index (χ1v) is 16.2. The van der Waals surface area contributed by atoms with Gasteiger partial charge in [0.1, 0.15) is 16.7 Å². The van der Waals surface area contributed by atoms with E-state index < -0.39 is 5.60 Å². The molecule has 0 radical (unpaired) electrons. The molecule has 14 heteroatoms. The lowest BCUT2D eigenvalue weighted by atomic mass is 10.2. The molecule has 0 aliphatic carbocycles. The van der Waals surface area contributed by atoms with Crippen LogP contribution in [-0.2, 0) is 14.3 Å². The zero-order valence-corrected chi connectivity index (χ0v) is 27.1. The van der Waals surface area contributed by atoms with Gasteiger partial charge >= 0.3 is 6.09 Å². The van der Waals surface area contributed by atoms with Gasteiger partial charge in [0.2, 0.25) is 0 Å². The number of piperazine rings is 1. The monoisotopic (exact) mass is 632 g/mol. The molecule has 3 N–H and O–H groups in total. The SMILES string of the molecule is Cc1csc(C(=O)NCCN2CCN(C(=O)OC(C)(C)C)CC2)c1NC(=O)C[N+]1(CC(=O)Nc2ccon2)CCCCCC1. The van der Waals surface area contributed by atoms with Gasteiger partial charge in [-0.25, -0.2) is 4.79 Å². The second-order valence-corrected chi connectivity index (χ2v) is 13.6. The van der Waals surface area contributed by atoms with E-state index in [0.29, 0.717) is 60.1 Å². The van der Waals surface area contributed by atoms with Crippen LogP contribution in [0.1, 0.15) is 61.7 Å². The summed E-state index contributed by atoms with van der Waals surface area (Å²) < 4.78 is 10.6. The molecule has 0 saturated carbocycles. The Balaban J connectivity index is 1.29. The fourth-order valence-corrected chi connectivity index (χ4v) is 6.56. The molecule has 0 atom stereocenters. The Labute approximate surface area is 262 Å². The van der Waals surface area contributed by atoms with Crippen molar-refractivity contribution in [2.45, 2.75) is 59.0 Å². The van der Waals surface area contributed by atoms with Crippen molar-refractivity contribution in [2.75, 3.05) is 76.1 Å². The summed E-state index contributed by atoms with van der Waals surface area (Å²) in [6, 6.07) is 1.58. The summed E-state index contributed by atoms with van der Waals surface area (Å²) in [4.78, 5) is 56.2. The first kappa shape index (κ1) is 33.4. The van der Waals surface area contributed by atoms with Gasteiger partial charge in [-0.15, -0.1) is 11.3 Å². The summed E-state index contributed by atoms with van der Waals surface area (Å²) >= 11 is 1.30. The quantitative estimate of drug-likeness (QED) is 0.339. The number of quaternary nitrogens is 1. The van der Waals surface area contributed by atoms with Crippen LogP contribution in [0.5, 0.6) is 0 Å². The topological polar surface area (TPSA) is 146 Å². The average molecular weight is 633 g/mol. The van der Waals surface area contributed by atoms with Crippen molar-refractivity contribution in [3.05, 3.63) is 28.2 Å². The number of rotatable bonds is 10. The number of aryl methyl sites for hydroxylation is 1. The second kappa shape index (κ2) is 15.0. The molecule has 0 spiro atoms. The third-order valence-corrected chi connectivity index (χ3v) is 8.96. The van der Waals surface area contributed by atoms with Crippen molar-refractivity contribution in [1.29, 1.82) is 0 Å². The van der Waals surface area contributed by atoms with Crippen LogP contribution in [0.2, 0.25) is 0 Å². The van der Waals surface area contributed by atoms with E-state index in [4.69, 9.17) is 9.26 Å². The number of nitrogens with zero attached hydrogens (tertiary/aromatic N) is 4. The van der Waals surface area contributed by atoms with Crippen molar-refractivity contribution in [3.63, 3.8) is 0 Å². The number of aromatic nitrogens is 1. The molecule has 2 aliphatic rings. The van der Waals surface area contributed by atoms with Crippen LogP contribution in [-0.4, -0.2) is 114 Å². The molecule has 4 rings (SSSR count). The number of carbonyl (C=O) groups excluding carboxylic acids is 4. The van der Waals surface area contributed by atoms with E-state index >= 15 is 0 Å². The molecule has 2 fully saturated rings. The fraction of sp³-hybridized carbons (Fsp3) is 0.633. The van der Waals surface area contributed by atoms with Gasteiger partial charge in [-0.05, 0) is 64.3 Å². The zero-order valence-electron chi connectivity index (χ0n) is 26.3. The average Bonchev–Trinajstić information content (AvgIpc) is 3.52. The predicted molar refractivity (Wildman–Crippen MR) is 168 cm³/mol. The van der Waals surface area contributed by atoms with Crippen LogP contribution in [0.4, 0.5) is 16.3 Å². The standard InChI is InChI=1S/C30H45N7O6S/c1-22-21-44-27(28(40)31-10-11-35-12-14-36(15-13-35)29(41)43-30(2,3)4)26(22)33-25(39)20-37(16-7-5-6-8-17-37)19-24(38)32-23-9-18-42-34-23/h9,18,21H,5-8,10-17,19-20H2,1-4H3,(H2-,31,32,33,34,38,39,40)/p+1. The minimum atomic E-state index is -0.526. The van der Waals surface area contributed by atoms with E-state index in [0.717, 1.165) is 44.3 Å². The van der Waals surface area contributed by atoms with Gasteiger partial charge < -0.3 is 34.6 Å². The van der Waals surface area contributed by atoms with Gasteiger partial charge in [0.15, 0.2) is 18.9 Å². The van der Waals surface area contributed by atoms with E-state index in [2.05, 4.69) is 26.0 Å². The van der Waals surface area contributed by atoms with Gasteiger partial charge in [0.25, 0.3) is 17.7 Å². The van der Waals surface area contributed by atoms with Crippen LogP contribution in [0.3, 0.4) is 0 Å². The molecule has 4 heterocycles. The van der Waals surface area contributed by atoms with E-state index in [1.807, 2.05) is 33.1 Å². The summed E-state index contributed by atoms with van der Waals surface area (Å²) in [5.74, 6) is -0.331. The Hall–Kier alpha value is -3.49. The number of thiophene rings is 1. The lowest BCUT2D eigenvalue weighted by molar-refractivity contribution is -0.912. The van der Waals surface area contributed by atoms with Crippen LogP contribution < -0.4 is 16.0 Å². The van der Waals surface area contributed by atoms with Crippen LogP contribution in [0.15, 0.2) is 22.2 Å². The summed E-state index contributed by atoms with van der Waals surface area (Å²) in [5.41, 5.74) is 0.809. The number of anilines is 2. The molecule has 4 amide bonds. The van der Waals surface area contributed by atoms with Crippen molar-refractivity contribution in [1.82, 2.24) is 20.3 Å². The molecular formula is C30H46N7O6S+. The molecular weight excluding hydrogens is 586 g/mol. The first-order valence-electron chi connectivity index (χ1n) is 15.3. The lowest BCUT2D eigenvalue weighted by Crippen LogP contribution is -2.56. The minimum Gasteiger partial charge on any atom is -0.444 e. The third-order valence-electron chi connectivity index (χ3n) is 7.86. The van der Waals surface area contributed by atoms with Crippen molar-refractivity contribution < 1.29 is 32.9 Å². The normalized spacial score (nSPS) is 17.4. The van der Waals surface area contributed by atoms with Crippen LogP contribution >= 0.6 is 11.3 Å². The van der Waals surface area contributed by atoms with Crippen molar-refractivity contribution in [3.8, 4) is 0 Å². The van der Waals surface area contributed by atoms with Gasteiger partial charge in [-0.1, -0.05) is 5.16 Å². The molecule has 2 aromatic rings. The fourth-order valence-electron chi connectivity index (χ4n) is 5.63. The molecule has 2 aromatic heterocycles. The number of hydrogen-bond acceptors (Lipinski definition) is 9. The Kier molecular flexibility index (Phi) is 11.4. The minimum absolute atomic E-state index is 0.137. The van der Waals surface area contributed by atoms with Gasteiger partial charge in [0, 0.05) is 45.3 Å². The number of hydrogen-bond donors (Lipinski definition) is 3. The number of nitrogens with one attached hydrogen (secondary N) is 3. The molecule has 0 bridgehead atoms. The zero-order chi connectivity index (χ0) is 31.7. The number of likely N-dealkylation sites (tertiary alicyclic amines) is 1. The highest BCUT2D eigenvalue weighted by atomic mass is 32.1. The molecule has 2 aliphatic heterocycles. The highest BCUT2D eigenvalue weighted by Crippen LogP contribution is 2.28. The Morgan fingerprint density at radius 1 is 1.00 bits per heavy atom. The summed E-state index contributed by atoms with van der Waals surface area (Å²) in [6.07, 6.45) is 5.11. The molecule has 242 valence electrons. The van der Waals surface area contributed by atoms with Crippen LogP contribution in [0.25, 0.3) is 0 Å². The number of carbonyl (C=O) groups is 4. The Bertz CT molecular complexity index is 1270. The highest BCUT2D eigenvalue weighted by Gasteiger charge is 2.35. The van der Waals surface area contributed by atoms with E-state index in [-0.39, 0.29) is 36.9 Å². The third kappa shape index (κ3) is 9.76. The van der Waals surface area contributed by atoms with E-state index in [1.54, 1.807) is 11.0 Å². The summed E-state index contributed by atoms with van der Waals surface area (Å²) in [7, 11) is 0. The molecule has 44 heavy (non-hydrogen) atoms. The van der Waals surface area contributed by atoms with Crippen molar-refractivity contribution in [2.24, 2.45) is 0 Å². The van der Waals surface area contributed by atoms with Gasteiger partial charge in [0.05, 0.1) is 18.8 Å². The number of amides is 4. The van der Waals surface area contributed by atoms with Crippen LogP contribution in [0, 0.1) is 6.92 Å². The Morgan fingerprint density at radius 3 is 2.27 bits per heavy atom. The molecule has 0 aromatic carbocycles. The lowest BCUT2D eigenvalue weighted by Gasteiger charge is -2.36. The highest BCUT2D eigenvalue weighted by molar-refractivity contribution is 7.13. The smallest absolute Gasteiger partial charge is 0.410 e. The maximum Gasteiger partial charge on any atom is 0.410 e. The van der Waals surface area contributed by atoms with Gasteiger partial charge in [-0.2, -0.15) is 0 Å². The second-order valence-electron chi connectivity index (χ2n) is 12.7. The van der Waals surface area contributed by atoms with E-state index in [1.165, 1.54) is 17.6 Å². The van der Waals surface area contributed by atoms with Gasteiger partial charge in [-0.3, -0.25) is 19.3 Å². The van der Waals surface area contributed by atoms with E-state index in [9.17, 15) is 19.2 Å². The van der Waals surface area contributed by atoms with Crippen molar-refractivity contribution >= 4 is 46.7 Å². The first-order chi connectivity index (χ1) is 20.9. The largest absolute Gasteiger partial charge is 0.444 e. The Morgan fingerprint density at radius 2 is 1.66 bits per heavy atom. The molecule has 2 saturated heterocycles. The maximum atomic E-state index is 13.4. The summed E-state index contributed by atoms with van der Waals surface area (Å²) in [5, 5.41) is 14.4. The maximum absolute atomic E-state index is 13.4. The molecule has 13 nitrogen and oxygen atoms in total. The predicted octanol–water partition coefficient (Wildman–Crippen LogP) is 3.30. The summed E-state index contributed by atoms with van der Waals surface area (Å²) in [6.45, 7) is 12.8. The number of ether oxygens (including phenoxy) is 1. The molecule has 0 unspecified atom stereocenters.